The molecule has 2 heteroatoms. The van der Waals surface area contributed by atoms with Gasteiger partial charge in [-0.3, -0.25) is 0 Å². The van der Waals surface area contributed by atoms with Gasteiger partial charge < -0.3 is 9.84 Å². The number of rotatable bonds is 4. The average Bonchev–Trinajstić information content (AvgIpc) is 3.11. The molecule has 1 heterocycles. The van der Waals surface area contributed by atoms with Gasteiger partial charge >= 0.3 is 0 Å². The van der Waals surface area contributed by atoms with Crippen LogP contribution in [0.5, 0.6) is 0 Å². The zero-order valence-electron chi connectivity index (χ0n) is 19.5. The first-order chi connectivity index (χ1) is 13.6. The monoisotopic (exact) mass is 400 g/mol. The van der Waals surface area contributed by atoms with E-state index in [-0.39, 0.29) is 11.7 Å². The lowest BCUT2D eigenvalue weighted by molar-refractivity contribution is -0.0573. The molecule has 0 radical (unpaired) electrons. The van der Waals surface area contributed by atoms with E-state index in [0.717, 1.165) is 42.4 Å². The molecule has 0 aromatic rings. The number of allylic oxidation sites excluding steroid dienone is 1. The van der Waals surface area contributed by atoms with Gasteiger partial charge in [-0.15, -0.1) is 0 Å². The van der Waals surface area contributed by atoms with Crippen molar-refractivity contribution in [1.82, 2.24) is 0 Å². The van der Waals surface area contributed by atoms with Crippen molar-refractivity contribution in [2.75, 3.05) is 0 Å². The van der Waals surface area contributed by atoms with E-state index in [2.05, 4.69) is 40.7 Å². The van der Waals surface area contributed by atoms with Crippen molar-refractivity contribution in [3.8, 4) is 0 Å². The quantitative estimate of drug-likeness (QED) is 0.430. The van der Waals surface area contributed by atoms with E-state index in [4.69, 9.17) is 4.74 Å². The van der Waals surface area contributed by atoms with E-state index in [1.165, 1.54) is 51.4 Å². The molecule has 0 bridgehead atoms. The Balaban J connectivity index is 1.30. The molecule has 1 aliphatic heterocycles. The first-order valence-corrected chi connectivity index (χ1v) is 12.7. The van der Waals surface area contributed by atoms with Gasteiger partial charge in [0.05, 0.1) is 17.8 Å². The largest absolute Gasteiger partial charge is 0.393 e. The van der Waals surface area contributed by atoms with Crippen LogP contribution in [0, 0.1) is 40.4 Å². The van der Waals surface area contributed by atoms with Crippen molar-refractivity contribution < 1.29 is 9.84 Å². The molecule has 4 aliphatic carbocycles. The summed E-state index contributed by atoms with van der Waals surface area (Å²) in [5.74, 6) is 4.41. The lowest BCUT2D eigenvalue weighted by atomic mass is 9.47. The summed E-state index contributed by atoms with van der Waals surface area (Å²) in [6, 6.07) is 0. The third kappa shape index (κ3) is 3.18. The minimum Gasteiger partial charge on any atom is -0.393 e. The Hall–Kier alpha value is -0.340. The Morgan fingerprint density at radius 3 is 2.55 bits per heavy atom. The maximum atomic E-state index is 10.2. The highest BCUT2D eigenvalue weighted by Gasteiger charge is 2.59. The van der Waals surface area contributed by atoms with Gasteiger partial charge in [-0.2, -0.15) is 0 Å². The highest BCUT2D eigenvalue weighted by molar-refractivity contribution is 5.25. The summed E-state index contributed by atoms with van der Waals surface area (Å²) in [5.41, 5.74) is 2.68. The summed E-state index contributed by atoms with van der Waals surface area (Å²) in [4.78, 5) is 0. The number of hydrogen-bond donors (Lipinski definition) is 1. The lowest BCUT2D eigenvalue weighted by Crippen LogP contribution is -2.50. The van der Waals surface area contributed by atoms with Gasteiger partial charge in [0.15, 0.2) is 0 Å². The second-order valence-electron chi connectivity index (χ2n) is 12.6. The SMILES string of the molecule is CC(CCC1OC1(C)C)C1CCC2[C@@H]3CC=C4C[C@@H](O)CC[C@]4(C)C3CC[C@]12C. The predicted octanol–water partition coefficient (Wildman–Crippen LogP) is 6.52. The second-order valence-corrected chi connectivity index (χ2v) is 12.6. The standard InChI is InChI=1S/C27H44O2/c1-17(6-11-24-25(2,3)29-24)21-9-10-22-20-8-7-18-16-19(28)12-14-26(18,4)23(20)13-15-27(21,22)5/h7,17,19-24,28H,6,8-16H2,1-5H3/t17?,19-,20-,21?,22?,23?,24?,26-,27+/m0/s1. The summed E-state index contributed by atoms with van der Waals surface area (Å²) in [5, 5.41) is 10.2. The summed E-state index contributed by atoms with van der Waals surface area (Å²) in [7, 11) is 0. The number of hydrogen-bond acceptors (Lipinski definition) is 2. The first kappa shape index (κ1) is 20.6. The summed E-state index contributed by atoms with van der Waals surface area (Å²) < 4.78 is 5.86. The highest BCUT2D eigenvalue weighted by Crippen LogP contribution is 2.67. The number of aliphatic hydroxyl groups is 1. The molecule has 164 valence electrons. The van der Waals surface area contributed by atoms with Gasteiger partial charge in [-0.25, -0.2) is 0 Å². The zero-order chi connectivity index (χ0) is 20.6. The van der Waals surface area contributed by atoms with Crippen LogP contribution in [0.1, 0.15) is 98.8 Å². The van der Waals surface area contributed by atoms with Gasteiger partial charge in [0.1, 0.15) is 0 Å². The van der Waals surface area contributed by atoms with E-state index in [1.807, 2.05) is 0 Å². The number of epoxide rings is 1. The van der Waals surface area contributed by atoms with Crippen molar-refractivity contribution >= 4 is 0 Å². The third-order valence-electron chi connectivity index (χ3n) is 10.9. The van der Waals surface area contributed by atoms with Crippen LogP contribution < -0.4 is 0 Å². The van der Waals surface area contributed by atoms with Crippen LogP contribution in [-0.4, -0.2) is 22.9 Å². The van der Waals surface area contributed by atoms with Crippen LogP contribution in [-0.2, 0) is 4.74 Å². The second kappa shape index (κ2) is 6.83. The zero-order valence-corrected chi connectivity index (χ0v) is 19.5. The Morgan fingerprint density at radius 1 is 1.07 bits per heavy atom. The molecule has 0 amide bonds. The van der Waals surface area contributed by atoms with Gasteiger partial charge in [0.2, 0.25) is 0 Å². The number of aliphatic hydroxyl groups excluding tert-OH is 1. The van der Waals surface area contributed by atoms with E-state index in [0.29, 0.717) is 16.9 Å². The van der Waals surface area contributed by atoms with Crippen molar-refractivity contribution in [3.63, 3.8) is 0 Å². The van der Waals surface area contributed by atoms with E-state index >= 15 is 0 Å². The van der Waals surface area contributed by atoms with Crippen molar-refractivity contribution in [2.24, 2.45) is 40.4 Å². The topological polar surface area (TPSA) is 32.8 Å². The molecule has 5 aliphatic rings. The van der Waals surface area contributed by atoms with Gasteiger partial charge in [-0.1, -0.05) is 32.4 Å². The fourth-order valence-corrected chi connectivity index (χ4v) is 8.97. The van der Waals surface area contributed by atoms with Gasteiger partial charge in [0, 0.05) is 0 Å². The molecule has 9 atom stereocenters. The molecule has 5 rings (SSSR count). The predicted molar refractivity (Wildman–Crippen MR) is 119 cm³/mol. The molecule has 0 aromatic heterocycles. The molecule has 3 saturated carbocycles. The third-order valence-corrected chi connectivity index (χ3v) is 10.9. The van der Waals surface area contributed by atoms with E-state index in [9.17, 15) is 5.11 Å². The normalized spacial score (nSPS) is 51.4. The molecular formula is C27H44O2. The molecule has 5 unspecified atom stereocenters. The van der Waals surface area contributed by atoms with Crippen LogP contribution in [0.15, 0.2) is 11.6 Å². The van der Waals surface area contributed by atoms with Crippen LogP contribution in [0.2, 0.25) is 0 Å². The van der Waals surface area contributed by atoms with E-state index < -0.39 is 0 Å². The highest BCUT2D eigenvalue weighted by atomic mass is 16.6. The van der Waals surface area contributed by atoms with Gasteiger partial charge in [-0.05, 0) is 118 Å². The first-order valence-electron chi connectivity index (χ1n) is 12.7. The van der Waals surface area contributed by atoms with Crippen molar-refractivity contribution in [3.05, 3.63) is 11.6 Å². The van der Waals surface area contributed by atoms with Crippen LogP contribution in [0.25, 0.3) is 0 Å². The Labute approximate surface area is 178 Å². The summed E-state index contributed by atoms with van der Waals surface area (Å²) in [6.07, 6.45) is 15.8. The maximum absolute atomic E-state index is 10.2. The minimum absolute atomic E-state index is 0.0862. The molecule has 29 heavy (non-hydrogen) atoms. The molecule has 2 nitrogen and oxygen atoms in total. The lowest BCUT2D eigenvalue weighted by Gasteiger charge is -2.58. The Kier molecular flexibility index (Phi) is 4.84. The minimum atomic E-state index is -0.0862. The molecule has 0 aromatic carbocycles. The Morgan fingerprint density at radius 2 is 1.83 bits per heavy atom. The Bertz CT molecular complexity index is 680. The number of fused-ring (bicyclic) bond motifs is 5. The molecule has 1 saturated heterocycles. The van der Waals surface area contributed by atoms with Crippen molar-refractivity contribution in [1.29, 1.82) is 0 Å². The fraction of sp³-hybridized carbons (Fsp3) is 0.926. The van der Waals surface area contributed by atoms with Crippen LogP contribution in [0.3, 0.4) is 0 Å². The molecule has 4 fully saturated rings. The van der Waals surface area contributed by atoms with Gasteiger partial charge in [0.25, 0.3) is 0 Å². The molecular weight excluding hydrogens is 356 g/mol. The molecule has 0 spiro atoms. The number of ether oxygens (including phenoxy) is 1. The van der Waals surface area contributed by atoms with Crippen LogP contribution >= 0.6 is 0 Å². The molecule has 1 N–H and O–H groups in total. The average molecular weight is 401 g/mol. The van der Waals surface area contributed by atoms with E-state index in [1.54, 1.807) is 5.57 Å². The summed E-state index contributed by atoms with van der Waals surface area (Å²) >= 11 is 0. The maximum Gasteiger partial charge on any atom is 0.0892 e. The smallest absolute Gasteiger partial charge is 0.0892 e. The summed E-state index contributed by atoms with van der Waals surface area (Å²) in [6.45, 7) is 12.3. The van der Waals surface area contributed by atoms with Crippen molar-refractivity contribution in [2.45, 2.75) is 117 Å². The fourth-order valence-electron chi connectivity index (χ4n) is 8.97. The van der Waals surface area contributed by atoms with Crippen LogP contribution in [0.4, 0.5) is 0 Å².